The van der Waals surface area contributed by atoms with E-state index < -0.39 is 0 Å². The number of benzene rings is 2. The molecule has 0 aliphatic rings. The number of fused-ring (bicyclic) bond motifs is 1. The molecule has 4 nitrogen and oxygen atoms in total. The lowest BCUT2D eigenvalue weighted by molar-refractivity contribution is 0.102. The van der Waals surface area contributed by atoms with Crippen molar-refractivity contribution in [1.82, 2.24) is 9.97 Å². The van der Waals surface area contributed by atoms with Gasteiger partial charge in [0, 0.05) is 22.2 Å². The van der Waals surface area contributed by atoms with Crippen LogP contribution in [0.1, 0.15) is 10.4 Å². The average molecular weight is 360 g/mol. The highest BCUT2D eigenvalue weighted by Crippen LogP contribution is 2.27. The predicted molar refractivity (Wildman–Crippen MR) is 104 cm³/mol. The van der Waals surface area contributed by atoms with E-state index in [1.54, 1.807) is 42.7 Å². The molecule has 1 N–H and O–H groups in total. The molecule has 26 heavy (non-hydrogen) atoms. The van der Waals surface area contributed by atoms with Crippen molar-refractivity contribution in [2.24, 2.45) is 0 Å². The normalized spacial score (nSPS) is 10.7. The summed E-state index contributed by atoms with van der Waals surface area (Å²) in [5.41, 5.74) is 3.54. The van der Waals surface area contributed by atoms with Gasteiger partial charge in [0.25, 0.3) is 5.91 Å². The van der Waals surface area contributed by atoms with Crippen LogP contribution >= 0.6 is 11.6 Å². The number of nitrogens with one attached hydrogen (secondary N) is 1. The third-order valence-electron chi connectivity index (χ3n) is 4.00. The van der Waals surface area contributed by atoms with Gasteiger partial charge in [0.2, 0.25) is 0 Å². The molecule has 0 atom stereocenters. The Bertz CT molecular complexity index is 1080. The summed E-state index contributed by atoms with van der Waals surface area (Å²) in [5.74, 6) is -0.232. The maximum absolute atomic E-state index is 12.9. The largest absolute Gasteiger partial charge is 0.321 e. The second-order valence-electron chi connectivity index (χ2n) is 5.78. The number of hydrogen-bond acceptors (Lipinski definition) is 3. The molecular weight excluding hydrogens is 346 g/mol. The van der Waals surface area contributed by atoms with Crippen LogP contribution in [0.25, 0.3) is 22.2 Å². The van der Waals surface area contributed by atoms with Gasteiger partial charge in [-0.15, -0.1) is 0 Å². The van der Waals surface area contributed by atoms with Crippen LogP contribution < -0.4 is 5.32 Å². The maximum atomic E-state index is 12.9. The molecule has 0 bridgehead atoms. The monoisotopic (exact) mass is 359 g/mol. The van der Waals surface area contributed by atoms with Gasteiger partial charge in [-0.3, -0.25) is 9.78 Å². The highest BCUT2D eigenvalue weighted by atomic mass is 35.5. The molecule has 0 fully saturated rings. The molecule has 2 aromatic heterocycles. The fourth-order valence-electron chi connectivity index (χ4n) is 2.78. The van der Waals surface area contributed by atoms with Gasteiger partial charge >= 0.3 is 0 Å². The fourth-order valence-corrected chi connectivity index (χ4v) is 2.95. The van der Waals surface area contributed by atoms with Crippen molar-refractivity contribution in [3.63, 3.8) is 0 Å². The zero-order valence-electron chi connectivity index (χ0n) is 13.7. The third kappa shape index (κ3) is 3.27. The van der Waals surface area contributed by atoms with E-state index in [0.717, 1.165) is 11.3 Å². The summed E-state index contributed by atoms with van der Waals surface area (Å²) in [6.45, 7) is 0. The van der Waals surface area contributed by atoms with E-state index in [1.807, 2.05) is 36.4 Å². The van der Waals surface area contributed by atoms with Crippen molar-refractivity contribution in [2.45, 2.75) is 0 Å². The van der Waals surface area contributed by atoms with E-state index in [1.165, 1.54) is 0 Å². The molecule has 1 amide bonds. The zero-order chi connectivity index (χ0) is 17.9. The number of aromatic nitrogens is 2. The molecule has 0 saturated heterocycles. The van der Waals surface area contributed by atoms with E-state index in [4.69, 9.17) is 11.6 Å². The Morgan fingerprint density at radius 2 is 1.81 bits per heavy atom. The number of pyridine rings is 2. The molecule has 0 radical (unpaired) electrons. The molecular formula is C21H14ClN3O. The van der Waals surface area contributed by atoms with E-state index in [2.05, 4.69) is 15.3 Å². The predicted octanol–water partition coefficient (Wildman–Crippen LogP) is 5.20. The molecule has 0 aliphatic heterocycles. The Morgan fingerprint density at radius 3 is 2.58 bits per heavy atom. The quantitative estimate of drug-likeness (QED) is 0.546. The molecule has 2 aromatic carbocycles. The first-order chi connectivity index (χ1) is 12.7. The van der Waals surface area contributed by atoms with Crippen molar-refractivity contribution in [1.29, 1.82) is 0 Å². The van der Waals surface area contributed by atoms with Crippen molar-refractivity contribution in [2.75, 3.05) is 5.32 Å². The molecule has 2 heterocycles. The number of amides is 1. The summed E-state index contributed by atoms with van der Waals surface area (Å²) < 4.78 is 0. The molecule has 0 aliphatic carbocycles. The number of nitrogens with zero attached hydrogens (tertiary/aromatic N) is 2. The molecule has 4 aromatic rings. The summed E-state index contributed by atoms with van der Waals surface area (Å²) >= 11 is 6.14. The standard InChI is InChI=1S/C21H14ClN3O/c22-15-8-9-19-17(11-15)18(21(26)24-16-7-4-10-23-13-16)12-20(25-19)14-5-2-1-3-6-14/h1-13H,(H,24,26). The van der Waals surface area contributed by atoms with Crippen LogP contribution in [0, 0.1) is 0 Å². The first-order valence-corrected chi connectivity index (χ1v) is 8.45. The Morgan fingerprint density at radius 1 is 0.962 bits per heavy atom. The summed E-state index contributed by atoms with van der Waals surface area (Å²) in [6.07, 6.45) is 3.26. The van der Waals surface area contributed by atoms with E-state index in [9.17, 15) is 4.79 Å². The Labute approximate surface area is 155 Å². The minimum absolute atomic E-state index is 0.232. The summed E-state index contributed by atoms with van der Waals surface area (Å²) in [6, 6.07) is 20.5. The van der Waals surface area contributed by atoms with Gasteiger partial charge in [-0.2, -0.15) is 0 Å². The number of rotatable bonds is 3. The van der Waals surface area contributed by atoms with Gasteiger partial charge in [-0.1, -0.05) is 41.9 Å². The molecule has 0 spiro atoms. The summed E-state index contributed by atoms with van der Waals surface area (Å²) in [5, 5.41) is 4.14. The number of carbonyl (C=O) groups excluding carboxylic acids is 1. The van der Waals surface area contributed by atoms with Crippen LogP contribution in [-0.4, -0.2) is 15.9 Å². The molecule has 5 heteroatoms. The molecule has 0 saturated carbocycles. The van der Waals surface area contributed by atoms with Crippen LogP contribution in [0.4, 0.5) is 5.69 Å². The highest BCUT2D eigenvalue weighted by Gasteiger charge is 2.15. The Balaban J connectivity index is 1.85. The first-order valence-electron chi connectivity index (χ1n) is 8.08. The van der Waals surface area contributed by atoms with Gasteiger partial charge in [0.1, 0.15) is 0 Å². The molecule has 0 unspecified atom stereocenters. The van der Waals surface area contributed by atoms with Crippen molar-refractivity contribution in [3.8, 4) is 11.3 Å². The second-order valence-corrected chi connectivity index (χ2v) is 6.21. The first kappa shape index (κ1) is 16.2. The SMILES string of the molecule is O=C(Nc1cccnc1)c1cc(-c2ccccc2)nc2ccc(Cl)cc12. The van der Waals surface area contributed by atoms with Crippen molar-refractivity contribution in [3.05, 3.63) is 89.7 Å². The topological polar surface area (TPSA) is 54.9 Å². The van der Waals surface area contributed by atoms with Crippen LogP contribution in [-0.2, 0) is 0 Å². The third-order valence-corrected chi connectivity index (χ3v) is 4.24. The van der Waals surface area contributed by atoms with Crippen LogP contribution in [0.15, 0.2) is 79.1 Å². The van der Waals surface area contributed by atoms with E-state index in [-0.39, 0.29) is 5.91 Å². The summed E-state index contributed by atoms with van der Waals surface area (Å²) in [4.78, 5) is 21.6. The number of anilines is 1. The van der Waals surface area contributed by atoms with Crippen molar-refractivity contribution >= 4 is 34.1 Å². The Kier molecular flexibility index (Phi) is 4.33. The van der Waals surface area contributed by atoms with Gasteiger partial charge in [0.15, 0.2) is 0 Å². The van der Waals surface area contributed by atoms with Gasteiger partial charge in [0.05, 0.1) is 28.7 Å². The average Bonchev–Trinajstić information content (AvgIpc) is 2.68. The van der Waals surface area contributed by atoms with E-state index >= 15 is 0 Å². The van der Waals surface area contributed by atoms with Crippen LogP contribution in [0.5, 0.6) is 0 Å². The lowest BCUT2D eigenvalue weighted by atomic mass is 10.0. The second kappa shape index (κ2) is 6.94. The van der Waals surface area contributed by atoms with Gasteiger partial charge < -0.3 is 5.32 Å². The molecule has 4 rings (SSSR count). The molecule has 126 valence electrons. The number of halogens is 1. The van der Waals surface area contributed by atoms with Gasteiger partial charge in [-0.05, 0) is 36.4 Å². The fraction of sp³-hybridized carbons (Fsp3) is 0. The highest BCUT2D eigenvalue weighted by molar-refractivity contribution is 6.31. The number of carbonyl (C=O) groups is 1. The maximum Gasteiger partial charge on any atom is 0.256 e. The number of hydrogen-bond donors (Lipinski definition) is 1. The van der Waals surface area contributed by atoms with Gasteiger partial charge in [-0.25, -0.2) is 4.98 Å². The zero-order valence-corrected chi connectivity index (χ0v) is 14.4. The Hall–Kier alpha value is -3.24. The van der Waals surface area contributed by atoms with Crippen molar-refractivity contribution < 1.29 is 4.79 Å². The summed E-state index contributed by atoms with van der Waals surface area (Å²) in [7, 11) is 0. The lowest BCUT2D eigenvalue weighted by Crippen LogP contribution is -2.13. The minimum atomic E-state index is -0.232. The van der Waals surface area contributed by atoms with Crippen LogP contribution in [0.3, 0.4) is 0 Å². The van der Waals surface area contributed by atoms with E-state index in [0.29, 0.717) is 27.2 Å². The smallest absolute Gasteiger partial charge is 0.256 e. The van der Waals surface area contributed by atoms with Crippen LogP contribution in [0.2, 0.25) is 5.02 Å². The minimum Gasteiger partial charge on any atom is -0.321 e. The lowest BCUT2D eigenvalue weighted by Gasteiger charge is -2.11.